The van der Waals surface area contributed by atoms with Gasteiger partial charge in [-0.15, -0.1) is 0 Å². The minimum absolute atomic E-state index is 0.0512. The van der Waals surface area contributed by atoms with Crippen LogP contribution in [-0.4, -0.2) is 31.5 Å². The molecule has 5 heteroatoms. The van der Waals surface area contributed by atoms with Crippen molar-refractivity contribution in [3.05, 3.63) is 47.5 Å². The Labute approximate surface area is 141 Å². The van der Waals surface area contributed by atoms with Crippen LogP contribution in [0.25, 0.3) is 0 Å². The molecule has 0 fully saturated rings. The summed E-state index contributed by atoms with van der Waals surface area (Å²) in [7, 11) is 1.68. The van der Waals surface area contributed by atoms with E-state index >= 15 is 0 Å². The smallest absolute Gasteiger partial charge is 0.143 e. The Balaban J connectivity index is 1.98. The molecule has 0 saturated heterocycles. The van der Waals surface area contributed by atoms with Crippen LogP contribution in [-0.2, 0) is 0 Å². The fourth-order valence-corrected chi connectivity index (χ4v) is 3.86. The molecule has 0 amide bonds. The number of aliphatic hydroxyl groups excluding tert-OH is 1. The number of aryl methyl sites for hydroxylation is 2. The Morgan fingerprint density at radius 2 is 1.96 bits per heavy atom. The van der Waals surface area contributed by atoms with Gasteiger partial charge in [0.2, 0.25) is 0 Å². The van der Waals surface area contributed by atoms with Gasteiger partial charge in [0.15, 0.2) is 0 Å². The lowest BCUT2D eigenvalue weighted by Gasteiger charge is -2.37. The molecule has 1 aliphatic rings. The van der Waals surface area contributed by atoms with Crippen molar-refractivity contribution < 1.29 is 14.6 Å². The number of hydrogen-bond donors (Lipinski definition) is 1. The maximum atomic E-state index is 9.73. The van der Waals surface area contributed by atoms with Gasteiger partial charge in [-0.3, -0.25) is 4.31 Å². The van der Waals surface area contributed by atoms with Crippen LogP contribution in [0.5, 0.6) is 11.5 Å². The van der Waals surface area contributed by atoms with E-state index in [-0.39, 0.29) is 12.6 Å². The number of anilines is 1. The Kier molecular flexibility index (Phi) is 4.68. The molecule has 1 N–H and O–H groups in total. The zero-order chi connectivity index (χ0) is 16.4. The predicted molar refractivity (Wildman–Crippen MR) is 93.6 cm³/mol. The number of methoxy groups -OCH3 is 1. The lowest BCUT2D eigenvalue weighted by Crippen LogP contribution is -2.41. The molecule has 4 nitrogen and oxygen atoms in total. The van der Waals surface area contributed by atoms with Crippen LogP contribution >= 0.6 is 11.9 Å². The first-order chi connectivity index (χ1) is 11.1. The van der Waals surface area contributed by atoms with E-state index in [4.69, 9.17) is 9.47 Å². The molecule has 0 radical (unpaired) electrons. The molecule has 0 aliphatic carbocycles. The van der Waals surface area contributed by atoms with E-state index in [1.807, 2.05) is 36.4 Å². The van der Waals surface area contributed by atoms with Crippen molar-refractivity contribution in [2.45, 2.75) is 24.8 Å². The van der Waals surface area contributed by atoms with E-state index < -0.39 is 0 Å². The first-order valence-corrected chi connectivity index (χ1v) is 8.36. The van der Waals surface area contributed by atoms with Crippen molar-refractivity contribution in [3.63, 3.8) is 0 Å². The Hall–Kier alpha value is -1.85. The highest BCUT2D eigenvalue weighted by Gasteiger charge is 2.28. The van der Waals surface area contributed by atoms with Crippen LogP contribution in [0.3, 0.4) is 0 Å². The van der Waals surface area contributed by atoms with Crippen LogP contribution in [0.15, 0.2) is 41.3 Å². The molecule has 0 saturated carbocycles. The summed E-state index contributed by atoms with van der Waals surface area (Å²) in [4.78, 5) is 1.18. The van der Waals surface area contributed by atoms with Gasteiger partial charge in [-0.2, -0.15) is 0 Å². The van der Waals surface area contributed by atoms with Crippen molar-refractivity contribution in [2.75, 3.05) is 24.6 Å². The minimum Gasteiger partial charge on any atom is -0.497 e. The lowest BCUT2D eigenvalue weighted by molar-refractivity contribution is 0.199. The van der Waals surface area contributed by atoms with Gasteiger partial charge in [-0.25, -0.2) is 0 Å². The zero-order valence-electron chi connectivity index (χ0n) is 13.6. The second kappa shape index (κ2) is 6.72. The highest BCUT2D eigenvalue weighted by Crippen LogP contribution is 2.42. The van der Waals surface area contributed by atoms with Crippen molar-refractivity contribution >= 4 is 17.6 Å². The molecule has 3 rings (SSSR count). The summed E-state index contributed by atoms with van der Waals surface area (Å²) >= 11 is 1.65. The molecular formula is C18H21NO3S. The maximum absolute atomic E-state index is 9.73. The highest BCUT2D eigenvalue weighted by molar-refractivity contribution is 8.00. The first-order valence-electron chi connectivity index (χ1n) is 7.59. The van der Waals surface area contributed by atoms with Gasteiger partial charge in [0.1, 0.15) is 18.1 Å². The SMILES string of the molecule is COc1cc(C)c(SN2c3ccccc3OCC2CO)c(C)c1. The number of para-hydroxylation sites is 2. The van der Waals surface area contributed by atoms with Gasteiger partial charge in [0.25, 0.3) is 0 Å². The molecule has 2 aromatic carbocycles. The van der Waals surface area contributed by atoms with Crippen molar-refractivity contribution in [1.29, 1.82) is 0 Å². The van der Waals surface area contributed by atoms with Crippen LogP contribution in [0.2, 0.25) is 0 Å². The summed E-state index contributed by atoms with van der Waals surface area (Å²) in [5, 5.41) is 9.73. The summed E-state index contributed by atoms with van der Waals surface area (Å²) in [5.41, 5.74) is 3.32. The summed E-state index contributed by atoms with van der Waals surface area (Å²) < 4.78 is 13.2. The predicted octanol–water partition coefficient (Wildman–Crippen LogP) is 3.58. The van der Waals surface area contributed by atoms with E-state index in [9.17, 15) is 5.11 Å². The van der Waals surface area contributed by atoms with E-state index in [0.29, 0.717) is 6.61 Å². The normalized spacial score (nSPS) is 16.7. The summed E-state index contributed by atoms with van der Waals surface area (Å²) in [5.74, 6) is 1.72. The molecule has 122 valence electrons. The van der Waals surface area contributed by atoms with Crippen LogP contribution in [0.4, 0.5) is 5.69 Å². The number of fused-ring (bicyclic) bond motifs is 1. The Morgan fingerprint density at radius 1 is 1.26 bits per heavy atom. The molecule has 2 aromatic rings. The topological polar surface area (TPSA) is 41.9 Å². The van der Waals surface area contributed by atoms with Gasteiger partial charge < -0.3 is 14.6 Å². The number of nitrogens with zero attached hydrogens (tertiary/aromatic N) is 1. The van der Waals surface area contributed by atoms with Gasteiger partial charge in [-0.1, -0.05) is 12.1 Å². The molecule has 0 bridgehead atoms. The number of hydrogen-bond acceptors (Lipinski definition) is 5. The Bertz CT molecular complexity index is 681. The summed E-state index contributed by atoms with van der Waals surface area (Å²) in [6.45, 7) is 4.70. The van der Waals surface area contributed by atoms with Crippen LogP contribution in [0, 0.1) is 13.8 Å². The molecule has 23 heavy (non-hydrogen) atoms. The summed E-state index contributed by atoms with van der Waals surface area (Å²) in [6, 6.07) is 11.9. The molecule has 1 unspecified atom stereocenters. The lowest BCUT2D eigenvalue weighted by atomic mass is 10.1. The number of rotatable bonds is 4. The third-order valence-corrected chi connectivity index (χ3v) is 5.45. The van der Waals surface area contributed by atoms with Crippen molar-refractivity contribution in [3.8, 4) is 11.5 Å². The standard InChI is InChI=1S/C18H21NO3S/c1-12-8-15(21-3)9-13(2)18(12)23-19-14(10-20)11-22-17-7-5-4-6-16(17)19/h4-9,14,20H,10-11H2,1-3H3. The van der Waals surface area contributed by atoms with Gasteiger partial charge in [0.05, 0.1) is 25.4 Å². The zero-order valence-corrected chi connectivity index (χ0v) is 14.4. The average Bonchev–Trinajstić information content (AvgIpc) is 2.57. The fourth-order valence-electron chi connectivity index (χ4n) is 2.73. The third kappa shape index (κ3) is 3.12. The van der Waals surface area contributed by atoms with Crippen molar-refractivity contribution in [1.82, 2.24) is 0 Å². The van der Waals surface area contributed by atoms with E-state index in [1.165, 1.54) is 4.90 Å². The maximum Gasteiger partial charge on any atom is 0.143 e. The monoisotopic (exact) mass is 331 g/mol. The van der Waals surface area contributed by atoms with Gasteiger partial charge in [-0.05, 0) is 61.2 Å². The minimum atomic E-state index is -0.0733. The Morgan fingerprint density at radius 3 is 2.61 bits per heavy atom. The third-order valence-electron chi connectivity index (χ3n) is 3.94. The highest BCUT2D eigenvalue weighted by atomic mass is 32.2. The van der Waals surface area contributed by atoms with Crippen LogP contribution in [0.1, 0.15) is 11.1 Å². The molecule has 1 aliphatic heterocycles. The van der Waals surface area contributed by atoms with Gasteiger partial charge in [0, 0.05) is 4.90 Å². The van der Waals surface area contributed by atoms with Crippen molar-refractivity contribution in [2.24, 2.45) is 0 Å². The summed E-state index contributed by atoms with van der Waals surface area (Å²) in [6.07, 6.45) is 0. The molecule has 1 heterocycles. The van der Waals surface area contributed by atoms with Gasteiger partial charge >= 0.3 is 0 Å². The largest absolute Gasteiger partial charge is 0.497 e. The molecular weight excluding hydrogens is 310 g/mol. The molecule has 0 spiro atoms. The van der Waals surface area contributed by atoms with E-state index in [2.05, 4.69) is 18.2 Å². The molecule has 1 atom stereocenters. The number of benzene rings is 2. The van der Waals surface area contributed by atoms with Crippen LogP contribution < -0.4 is 13.8 Å². The van der Waals surface area contributed by atoms with E-state index in [1.54, 1.807) is 19.1 Å². The second-order valence-electron chi connectivity index (χ2n) is 5.62. The quantitative estimate of drug-likeness (QED) is 0.868. The van der Waals surface area contributed by atoms with E-state index in [0.717, 1.165) is 28.3 Å². The number of ether oxygens (including phenoxy) is 2. The average molecular weight is 331 g/mol. The second-order valence-corrected chi connectivity index (χ2v) is 6.61. The number of aliphatic hydroxyl groups is 1. The molecule has 0 aromatic heterocycles. The first kappa shape index (κ1) is 16.0. The fraction of sp³-hybridized carbons (Fsp3) is 0.333.